The van der Waals surface area contributed by atoms with Gasteiger partial charge in [0, 0.05) is 10.8 Å². The molecule has 0 saturated carbocycles. The van der Waals surface area contributed by atoms with Crippen LogP contribution in [0.3, 0.4) is 0 Å². The summed E-state index contributed by atoms with van der Waals surface area (Å²) in [5, 5.41) is 0. The third kappa shape index (κ3) is 1.67. The summed E-state index contributed by atoms with van der Waals surface area (Å²) in [6, 6.07) is 6.32. The summed E-state index contributed by atoms with van der Waals surface area (Å²) in [5.41, 5.74) is 2.11. The minimum absolute atomic E-state index is 0.0571. The van der Waals surface area contributed by atoms with E-state index in [2.05, 4.69) is 80.7 Å². The second-order valence-corrected chi connectivity index (χ2v) is 5.41. The summed E-state index contributed by atoms with van der Waals surface area (Å²) >= 11 is 0. The van der Waals surface area contributed by atoms with Crippen LogP contribution in [-0.4, -0.2) is 4.98 Å². The van der Waals surface area contributed by atoms with Gasteiger partial charge < -0.3 is 0 Å². The van der Waals surface area contributed by atoms with Crippen molar-refractivity contribution in [1.29, 1.82) is 0 Å². The van der Waals surface area contributed by atoms with E-state index < -0.39 is 0 Å². The number of hydrogen-bond donors (Lipinski definition) is 0. The van der Waals surface area contributed by atoms with Crippen molar-refractivity contribution in [1.82, 2.24) is 4.98 Å². The first-order valence-electron chi connectivity index (χ1n) is 6.35. The molecule has 0 N–H and O–H groups in total. The lowest BCUT2D eigenvalue weighted by molar-refractivity contribution is 0.681. The number of hydrogen-bond acceptors (Lipinski definition) is 1. The Labute approximate surface area is 108 Å². The lowest BCUT2D eigenvalue weighted by atomic mass is 9.85. The molecule has 0 aromatic carbocycles. The van der Waals surface area contributed by atoms with Crippen molar-refractivity contribution < 1.29 is 0 Å². The molecule has 2 aliphatic carbocycles. The van der Waals surface area contributed by atoms with Crippen LogP contribution in [0.2, 0.25) is 0 Å². The van der Waals surface area contributed by atoms with E-state index in [1.807, 2.05) is 0 Å². The average molecular weight is 235 g/mol. The molecule has 0 aliphatic heterocycles. The molecule has 0 amide bonds. The minimum Gasteiger partial charge on any atom is -0.255 e. The number of rotatable bonds is 2. The normalized spacial score (nSPS) is 21.9. The Hall–Kier alpha value is -1.89. The van der Waals surface area contributed by atoms with Crippen LogP contribution in [0.4, 0.5) is 0 Å². The van der Waals surface area contributed by atoms with E-state index in [4.69, 9.17) is 4.98 Å². The van der Waals surface area contributed by atoms with Gasteiger partial charge in [0.1, 0.15) is 0 Å². The van der Waals surface area contributed by atoms with Crippen LogP contribution in [0.25, 0.3) is 0 Å². The van der Waals surface area contributed by atoms with E-state index in [-0.39, 0.29) is 10.8 Å². The molecule has 1 aromatic heterocycles. The zero-order valence-electron chi connectivity index (χ0n) is 10.8. The molecular weight excluding hydrogens is 218 g/mol. The molecule has 0 saturated heterocycles. The minimum atomic E-state index is -0.0571. The SMILES string of the molecule is CC1(c2cccc(C3(C)C=CC=C3)n2)C=CC=C1. The standard InChI is InChI=1S/C17H17N/c1-16(10-3-4-11-16)14-8-7-9-15(18-14)17(2)12-5-6-13-17/h3-13H,1-2H3. The molecule has 18 heavy (non-hydrogen) atoms. The predicted octanol–water partition coefficient (Wildman–Crippen LogP) is 3.85. The molecule has 3 rings (SSSR count). The fraction of sp³-hybridized carbons (Fsp3) is 0.235. The highest BCUT2D eigenvalue weighted by molar-refractivity contribution is 5.42. The van der Waals surface area contributed by atoms with E-state index in [1.165, 1.54) is 0 Å². The third-order valence-corrected chi connectivity index (χ3v) is 3.84. The number of pyridine rings is 1. The molecule has 0 radical (unpaired) electrons. The Bertz CT molecular complexity index is 514. The van der Waals surface area contributed by atoms with Crippen LogP contribution in [0.15, 0.2) is 66.8 Å². The molecule has 1 heterocycles. The molecule has 0 spiro atoms. The average Bonchev–Trinajstić information content (AvgIpc) is 3.01. The second-order valence-electron chi connectivity index (χ2n) is 5.41. The van der Waals surface area contributed by atoms with Gasteiger partial charge in [0.25, 0.3) is 0 Å². The molecule has 2 aliphatic rings. The first-order chi connectivity index (χ1) is 8.62. The molecule has 90 valence electrons. The summed E-state index contributed by atoms with van der Waals surface area (Å²) in [6.07, 6.45) is 17.1. The molecule has 0 fully saturated rings. The number of aromatic nitrogens is 1. The summed E-state index contributed by atoms with van der Waals surface area (Å²) in [6.45, 7) is 4.39. The van der Waals surface area contributed by atoms with Gasteiger partial charge >= 0.3 is 0 Å². The monoisotopic (exact) mass is 235 g/mol. The second kappa shape index (κ2) is 3.81. The van der Waals surface area contributed by atoms with Crippen LogP contribution in [0.5, 0.6) is 0 Å². The van der Waals surface area contributed by atoms with Crippen LogP contribution in [-0.2, 0) is 10.8 Å². The van der Waals surface area contributed by atoms with Crippen LogP contribution in [0.1, 0.15) is 25.2 Å². The highest BCUT2D eigenvalue weighted by Gasteiger charge is 2.28. The maximum Gasteiger partial charge on any atom is 0.0542 e. The molecular formula is C17H17N. The topological polar surface area (TPSA) is 12.9 Å². The fourth-order valence-corrected chi connectivity index (χ4v) is 2.51. The van der Waals surface area contributed by atoms with Crippen LogP contribution in [0, 0.1) is 0 Å². The van der Waals surface area contributed by atoms with Crippen molar-refractivity contribution >= 4 is 0 Å². The van der Waals surface area contributed by atoms with Gasteiger partial charge in [0.15, 0.2) is 0 Å². The Morgan fingerprint density at radius 3 is 1.50 bits per heavy atom. The zero-order chi connectivity index (χ0) is 12.6. The summed E-state index contributed by atoms with van der Waals surface area (Å²) in [5.74, 6) is 0. The number of allylic oxidation sites excluding steroid dienone is 8. The van der Waals surface area contributed by atoms with Crippen molar-refractivity contribution in [3.05, 3.63) is 78.2 Å². The van der Waals surface area contributed by atoms with E-state index in [1.54, 1.807) is 0 Å². The third-order valence-electron chi connectivity index (χ3n) is 3.84. The molecule has 1 nitrogen and oxygen atoms in total. The van der Waals surface area contributed by atoms with Crippen molar-refractivity contribution in [3.63, 3.8) is 0 Å². The molecule has 1 aromatic rings. The van der Waals surface area contributed by atoms with E-state index in [0.717, 1.165) is 11.4 Å². The fourth-order valence-electron chi connectivity index (χ4n) is 2.51. The largest absolute Gasteiger partial charge is 0.255 e. The first kappa shape index (κ1) is 11.2. The summed E-state index contributed by atoms with van der Waals surface area (Å²) in [4.78, 5) is 4.88. The molecule has 0 unspecified atom stereocenters. The molecule has 1 heteroatoms. The van der Waals surface area contributed by atoms with E-state index in [9.17, 15) is 0 Å². The maximum absolute atomic E-state index is 4.88. The predicted molar refractivity (Wildman–Crippen MR) is 75.5 cm³/mol. The summed E-state index contributed by atoms with van der Waals surface area (Å²) < 4.78 is 0. The first-order valence-corrected chi connectivity index (χ1v) is 6.35. The Kier molecular flexibility index (Phi) is 2.37. The highest BCUT2D eigenvalue weighted by Crippen LogP contribution is 2.33. The van der Waals surface area contributed by atoms with Crippen LogP contribution < -0.4 is 0 Å². The van der Waals surface area contributed by atoms with E-state index >= 15 is 0 Å². The van der Waals surface area contributed by atoms with Gasteiger partial charge in [-0.25, -0.2) is 0 Å². The number of nitrogens with zero attached hydrogens (tertiary/aromatic N) is 1. The lowest BCUT2D eigenvalue weighted by Crippen LogP contribution is -2.21. The zero-order valence-corrected chi connectivity index (χ0v) is 10.8. The smallest absolute Gasteiger partial charge is 0.0542 e. The van der Waals surface area contributed by atoms with Crippen molar-refractivity contribution in [2.24, 2.45) is 0 Å². The van der Waals surface area contributed by atoms with Crippen molar-refractivity contribution in [2.75, 3.05) is 0 Å². The Balaban J connectivity index is 2.05. The summed E-state index contributed by atoms with van der Waals surface area (Å²) in [7, 11) is 0. The van der Waals surface area contributed by atoms with Crippen molar-refractivity contribution in [3.8, 4) is 0 Å². The molecule has 0 atom stereocenters. The Morgan fingerprint density at radius 2 is 1.11 bits per heavy atom. The van der Waals surface area contributed by atoms with Gasteiger partial charge in [-0.3, -0.25) is 4.98 Å². The van der Waals surface area contributed by atoms with Gasteiger partial charge in [-0.2, -0.15) is 0 Å². The van der Waals surface area contributed by atoms with E-state index in [0.29, 0.717) is 0 Å². The van der Waals surface area contributed by atoms with Gasteiger partial charge in [-0.15, -0.1) is 0 Å². The van der Waals surface area contributed by atoms with Gasteiger partial charge in [0.05, 0.1) is 11.4 Å². The Morgan fingerprint density at radius 1 is 0.722 bits per heavy atom. The quantitative estimate of drug-likeness (QED) is 0.758. The maximum atomic E-state index is 4.88. The highest BCUT2D eigenvalue weighted by atomic mass is 14.8. The van der Waals surface area contributed by atoms with Gasteiger partial charge in [0.2, 0.25) is 0 Å². The van der Waals surface area contributed by atoms with Crippen molar-refractivity contribution in [2.45, 2.75) is 24.7 Å². The molecule has 0 bridgehead atoms. The lowest BCUT2D eigenvalue weighted by Gasteiger charge is -2.24. The van der Waals surface area contributed by atoms with Gasteiger partial charge in [-0.05, 0) is 26.0 Å². The van der Waals surface area contributed by atoms with Gasteiger partial charge in [-0.1, -0.05) is 54.7 Å². The van der Waals surface area contributed by atoms with Crippen LogP contribution >= 0.6 is 0 Å².